The first-order valence-electron chi connectivity index (χ1n) is 5.01. The van der Waals surface area contributed by atoms with Gasteiger partial charge in [-0.3, -0.25) is 4.79 Å². The Morgan fingerprint density at radius 1 is 1.50 bits per heavy atom. The lowest BCUT2D eigenvalue weighted by molar-refractivity contribution is -0.145. The van der Waals surface area contributed by atoms with E-state index in [-0.39, 0.29) is 18.5 Å². The maximum atomic E-state index is 11.7. The SMILES string of the molecule is CC(C)C[C@H](CN)CC(=O)OCCF. The van der Waals surface area contributed by atoms with Gasteiger partial charge in [-0.2, -0.15) is 0 Å². The summed E-state index contributed by atoms with van der Waals surface area (Å²) in [6.07, 6.45) is 1.20. The largest absolute Gasteiger partial charge is 0.463 e. The summed E-state index contributed by atoms with van der Waals surface area (Å²) in [5, 5.41) is 0. The van der Waals surface area contributed by atoms with Crippen molar-refractivity contribution in [1.82, 2.24) is 0 Å². The van der Waals surface area contributed by atoms with Gasteiger partial charge in [0.15, 0.2) is 0 Å². The Bertz CT molecular complexity index is 162. The van der Waals surface area contributed by atoms with Gasteiger partial charge in [-0.1, -0.05) is 13.8 Å². The van der Waals surface area contributed by atoms with Crippen molar-refractivity contribution < 1.29 is 13.9 Å². The number of carbonyl (C=O) groups excluding carboxylic acids is 1. The molecule has 14 heavy (non-hydrogen) atoms. The number of rotatable bonds is 7. The van der Waals surface area contributed by atoms with Crippen LogP contribution >= 0.6 is 0 Å². The summed E-state index contributed by atoms with van der Waals surface area (Å²) >= 11 is 0. The van der Waals surface area contributed by atoms with Crippen molar-refractivity contribution in [3.63, 3.8) is 0 Å². The van der Waals surface area contributed by atoms with E-state index in [1.54, 1.807) is 0 Å². The fourth-order valence-electron chi connectivity index (χ4n) is 1.38. The molecule has 0 unspecified atom stereocenters. The Balaban J connectivity index is 3.74. The van der Waals surface area contributed by atoms with Crippen LogP contribution in [0.3, 0.4) is 0 Å². The zero-order valence-corrected chi connectivity index (χ0v) is 8.96. The van der Waals surface area contributed by atoms with Crippen molar-refractivity contribution in [2.75, 3.05) is 19.8 Å². The van der Waals surface area contributed by atoms with Crippen LogP contribution in [0.5, 0.6) is 0 Å². The van der Waals surface area contributed by atoms with Crippen LogP contribution < -0.4 is 5.73 Å². The molecule has 0 aliphatic carbocycles. The molecule has 0 spiro atoms. The number of esters is 1. The molecular weight excluding hydrogens is 185 g/mol. The maximum Gasteiger partial charge on any atom is 0.306 e. The van der Waals surface area contributed by atoms with Crippen molar-refractivity contribution in [3.05, 3.63) is 0 Å². The number of carbonyl (C=O) groups is 1. The highest BCUT2D eigenvalue weighted by atomic mass is 19.1. The minimum Gasteiger partial charge on any atom is -0.463 e. The highest BCUT2D eigenvalue weighted by Crippen LogP contribution is 2.14. The fraction of sp³-hybridized carbons (Fsp3) is 0.900. The first-order valence-corrected chi connectivity index (χ1v) is 5.01. The molecule has 4 heteroatoms. The second-order valence-electron chi connectivity index (χ2n) is 3.84. The van der Waals surface area contributed by atoms with Crippen LogP contribution in [-0.4, -0.2) is 25.8 Å². The van der Waals surface area contributed by atoms with Crippen molar-refractivity contribution in [2.24, 2.45) is 17.6 Å². The lowest BCUT2D eigenvalue weighted by Gasteiger charge is -2.15. The smallest absolute Gasteiger partial charge is 0.306 e. The summed E-state index contributed by atoms with van der Waals surface area (Å²) in [5.41, 5.74) is 5.52. The Hall–Kier alpha value is -0.640. The highest BCUT2D eigenvalue weighted by molar-refractivity contribution is 5.69. The van der Waals surface area contributed by atoms with Gasteiger partial charge in [0.05, 0.1) is 0 Å². The highest BCUT2D eigenvalue weighted by Gasteiger charge is 2.14. The zero-order chi connectivity index (χ0) is 11.0. The van der Waals surface area contributed by atoms with E-state index in [1.807, 2.05) is 0 Å². The maximum absolute atomic E-state index is 11.7. The Kier molecular flexibility index (Phi) is 7.38. The summed E-state index contributed by atoms with van der Waals surface area (Å²) in [4.78, 5) is 11.1. The molecule has 0 amide bonds. The van der Waals surface area contributed by atoms with Crippen LogP contribution in [0.1, 0.15) is 26.7 Å². The predicted molar refractivity (Wildman–Crippen MR) is 53.6 cm³/mol. The minimum absolute atomic E-state index is 0.141. The lowest BCUT2D eigenvalue weighted by atomic mass is 9.94. The normalized spacial score (nSPS) is 12.9. The van der Waals surface area contributed by atoms with Crippen LogP contribution in [0.15, 0.2) is 0 Å². The molecule has 3 nitrogen and oxygen atoms in total. The van der Waals surface area contributed by atoms with E-state index < -0.39 is 6.67 Å². The third-order valence-corrected chi connectivity index (χ3v) is 1.93. The molecule has 0 bridgehead atoms. The number of hydrogen-bond acceptors (Lipinski definition) is 3. The van der Waals surface area contributed by atoms with Crippen molar-refractivity contribution >= 4 is 5.97 Å². The Labute approximate surface area is 84.8 Å². The molecule has 2 N–H and O–H groups in total. The zero-order valence-electron chi connectivity index (χ0n) is 8.96. The number of ether oxygens (including phenoxy) is 1. The molecular formula is C10H20FNO2. The Morgan fingerprint density at radius 2 is 2.14 bits per heavy atom. The van der Waals surface area contributed by atoms with E-state index in [0.717, 1.165) is 6.42 Å². The van der Waals surface area contributed by atoms with E-state index in [1.165, 1.54) is 0 Å². The van der Waals surface area contributed by atoms with Crippen LogP contribution in [0.2, 0.25) is 0 Å². The van der Waals surface area contributed by atoms with Crippen LogP contribution in [0, 0.1) is 11.8 Å². The first-order chi connectivity index (χ1) is 6.60. The summed E-state index contributed by atoms with van der Waals surface area (Å²) in [5.74, 6) is 0.318. The number of halogens is 1. The third kappa shape index (κ3) is 6.83. The second kappa shape index (κ2) is 7.74. The van der Waals surface area contributed by atoms with Gasteiger partial charge in [-0.05, 0) is 24.8 Å². The minimum atomic E-state index is -0.622. The summed E-state index contributed by atoms with van der Waals surface area (Å²) in [6, 6.07) is 0. The first kappa shape index (κ1) is 13.4. The van der Waals surface area contributed by atoms with E-state index >= 15 is 0 Å². The standard InChI is InChI=1S/C10H20FNO2/c1-8(2)5-9(7-12)6-10(13)14-4-3-11/h8-9H,3-7,12H2,1-2H3/t9-/m0/s1. The van der Waals surface area contributed by atoms with Gasteiger partial charge >= 0.3 is 5.97 Å². The molecule has 0 saturated heterocycles. The van der Waals surface area contributed by atoms with E-state index in [4.69, 9.17) is 5.73 Å². The molecule has 0 saturated carbocycles. The molecule has 0 aliphatic heterocycles. The average molecular weight is 205 g/mol. The van der Waals surface area contributed by atoms with Crippen molar-refractivity contribution in [3.8, 4) is 0 Å². The molecule has 84 valence electrons. The topological polar surface area (TPSA) is 52.3 Å². The van der Waals surface area contributed by atoms with E-state index in [2.05, 4.69) is 18.6 Å². The molecule has 0 aromatic rings. The van der Waals surface area contributed by atoms with Crippen LogP contribution in [0.25, 0.3) is 0 Å². The summed E-state index contributed by atoms with van der Waals surface area (Å²) < 4.78 is 16.3. The average Bonchev–Trinajstić information content (AvgIpc) is 2.12. The number of alkyl halides is 1. The van der Waals surface area contributed by atoms with Gasteiger partial charge in [-0.25, -0.2) is 4.39 Å². The molecule has 0 heterocycles. The van der Waals surface area contributed by atoms with Gasteiger partial charge in [0.2, 0.25) is 0 Å². The molecule has 0 aromatic carbocycles. The molecule has 0 fully saturated rings. The number of hydrogen-bond donors (Lipinski definition) is 1. The van der Waals surface area contributed by atoms with Crippen molar-refractivity contribution in [2.45, 2.75) is 26.7 Å². The second-order valence-corrected chi connectivity index (χ2v) is 3.84. The van der Waals surface area contributed by atoms with E-state index in [0.29, 0.717) is 18.9 Å². The molecule has 0 radical (unpaired) electrons. The van der Waals surface area contributed by atoms with Gasteiger partial charge < -0.3 is 10.5 Å². The Morgan fingerprint density at radius 3 is 2.57 bits per heavy atom. The lowest BCUT2D eigenvalue weighted by Crippen LogP contribution is -2.21. The van der Waals surface area contributed by atoms with Crippen LogP contribution in [-0.2, 0) is 9.53 Å². The summed E-state index contributed by atoms with van der Waals surface area (Å²) in [7, 11) is 0. The molecule has 1 atom stereocenters. The van der Waals surface area contributed by atoms with E-state index in [9.17, 15) is 9.18 Å². The molecule has 0 aliphatic rings. The van der Waals surface area contributed by atoms with Gasteiger partial charge in [0, 0.05) is 6.42 Å². The monoisotopic (exact) mass is 205 g/mol. The van der Waals surface area contributed by atoms with Gasteiger partial charge in [0.1, 0.15) is 13.3 Å². The van der Waals surface area contributed by atoms with Gasteiger partial charge in [0.25, 0.3) is 0 Å². The predicted octanol–water partition coefficient (Wildman–Crippen LogP) is 1.51. The number of nitrogens with two attached hydrogens (primary N) is 1. The van der Waals surface area contributed by atoms with Crippen LogP contribution in [0.4, 0.5) is 4.39 Å². The fourth-order valence-corrected chi connectivity index (χ4v) is 1.38. The third-order valence-electron chi connectivity index (χ3n) is 1.93. The van der Waals surface area contributed by atoms with Gasteiger partial charge in [-0.15, -0.1) is 0 Å². The molecule has 0 aromatic heterocycles. The molecule has 0 rings (SSSR count). The summed E-state index contributed by atoms with van der Waals surface area (Å²) in [6.45, 7) is 3.87. The van der Waals surface area contributed by atoms with Crippen molar-refractivity contribution in [1.29, 1.82) is 0 Å². The quantitative estimate of drug-likeness (QED) is 0.641.